The van der Waals surface area contributed by atoms with E-state index in [1.165, 1.54) is 12.8 Å². The molecule has 0 amide bonds. The summed E-state index contributed by atoms with van der Waals surface area (Å²) in [5.74, 6) is 0. The molecule has 1 aliphatic carbocycles. The maximum atomic E-state index is 8.76. The van der Waals surface area contributed by atoms with Gasteiger partial charge in [-0.1, -0.05) is 23.7 Å². The van der Waals surface area contributed by atoms with Gasteiger partial charge < -0.3 is 5.73 Å². The fourth-order valence-corrected chi connectivity index (χ4v) is 2.55. The minimum Gasteiger partial charge on any atom is -0.329 e. The van der Waals surface area contributed by atoms with E-state index in [1.54, 1.807) is 0 Å². The molecule has 0 saturated heterocycles. The van der Waals surface area contributed by atoms with E-state index in [9.17, 15) is 0 Å². The second-order valence-electron chi connectivity index (χ2n) is 4.68. The molecule has 1 aliphatic rings. The van der Waals surface area contributed by atoms with Crippen molar-refractivity contribution in [1.82, 2.24) is 4.90 Å². The fraction of sp³-hybridized carbons (Fsp3) is 0.500. The lowest BCUT2D eigenvalue weighted by molar-refractivity contribution is 0.195. The summed E-state index contributed by atoms with van der Waals surface area (Å²) in [4.78, 5) is 2.36. The van der Waals surface area contributed by atoms with Gasteiger partial charge in [-0.25, -0.2) is 0 Å². The maximum absolute atomic E-state index is 8.76. The molecule has 1 saturated carbocycles. The molecule has 2 rings (SSSR count). The molecule has 1 atom stereocenters. The lowest BCUT2D eigenvalue weighted by Crippen LogP contribution is -2.36. The number of benzene rings is 1. The van der Waals surface area contributed by atoms with Crippen LogP contribution in [0.5, 0.6) is 0 Å². The highest BCUT2D eigenvalue weighted by Gasteiger charge is 2.33. The molecular weight excluding hydrogens is 246 g/mol. The average molecular weight is 264 g/mol. The largest absolute Gasteiger partial charge is 0.329 e. The van der Waals surface area contributed by atoms with Crippen molar-refractivity contribution in [2.24, 2.45) is 5.73 Å². The third kappa shape index (κ3) is 3.23. The highest BCUT2D eigenvalue weighted by Crippen LogP contribution is 2.34. The molecule has 0 aliphatic heterocycles. The van der Waals surface area contributed by atoms with Crippen LogP contribution in [0.25, 0.3) is 0 Å². The second kappa shape index (κ2) is 6.19. The van der Waals surface area contributed by atoms with Crippen molar-refractivity contribution in [2.45, 2.75) is 31.3 Å². The maximum Gasteiger partial charge on any atom is 0.0635 e. The van der Waals surface area contributed by atoms with Crippen molar-refractivity contribution in [2.75, 3.05) is 13.1 Å². The Balaban J connectivity index is 2.17. The van der Waals surface area contributed by atoms with Gasteiger partial charge in [-0.05, 0) is 30.5 Å². The van der Waals surface area contributed by atoms with Crippen molar-refractivity contribution < 1.29 is 0 Å². The van der Waals surface area contributed by atoms with Crippen LogP contribution in [0.3, 0.4) is 0 Å². The highest BCUT2D eigenvalue weighted by molar-refractivity contribution is 6.30. The van der Waals surface area contributed by atoms with Gasteiger partial charge in [0.05, 0.1) is 6.07 Å². The molecule has 1 aromatic carbocycles. The number of hydrogen-bond acceptors (Lipinski definition) is 3. The van der Waals surface area contributed by atoms with Crippen LogP contribution < -0.4 is 5.73 Å². The minimum atomic E-state index is 0.171. The molecule has 3 nitrogen and oxygen atoms in total. The first-order valence-corrected chi connectivity index (χ1v) is 6.72. The van der Waals surface area contributed by atoms with Crippen LogP contribution >= 0.6 is 11.6 Å². The van der Waals surface area contributed by atoms with Gasteiger partial charge in [-0.15, -0.1) is 0 Å². The monoisotopic (exact) mass is 263 g/mol. The first-order chi connectivity index (χ1) is 8.76. The molecule has 1 unspecified atom stereocenters. The second-order valence-corrected chi connectivity index (χ2v) is 5.12. The molecule has 18 heavy (non-hydrogen) atoms. The zero-order valence-corrected chi connectivity index (χ0v) is 11.1. The molecule has 1 fully saturated rings. The Bertz CT molecular complexity index is 437. The zero-order chi connectivity index (χ0) is 13.0. The van der Waals surface area contributed by atoms with Crippen LogP contribution in [0.1, 0.15) is 30.9 Å². The Morgan fingerprint density at radius 3 is 2.83 bits per heavy atom. The summed E-state index contributed by atoms with van der Waals surface area (Å²) < 4.78 is 0. The summed E-state index contributed by atoms with van der Waals surface area (Å²) in [6, 6.07) is 10.8. The van der Waals surface area contributed by atoms with Crippen LogP contribution in [0.4, 0.5) is 0 Å². The molecule has 0 bridgehead atoms. The molecule has 96 valence electrons. The van der Waals surface area contributed by atoms with Crippen molar-refractivity contribution in [3.8, 4) is 6.07 Å². The number of nitriles is 1. The highest BCUT2D eigenvalue weighted by atomic mass is 35.5. The van der Waals surface area contributed by atoms with E-state index < -0.39 is 0 Å². The van der Waals surface area contributed by atoms with Crippen molar-refractivity contribution in [3.05, 3.63) is 34.9 Å². The lowest BCUT2D eigenvalue weighted by atomic mass is 10.0. The van der Waals surface area contributed by atoms with E-state index in [0.717, 1.165) is 17.1 Å². The normalized spacial score (nSPS) is 16.6. The predicted octanol–water partition coefficient (Wildman–Crippen LogP) is 2.72. The Labute approximate surface area is 113 Å². The lowest BCUT2D eigenvalue weighted by Gasteiger charge is -2.30. The number of nitrogens with zero attached hydrogens (tertiary/aromatic N) is 2. The van der Waals surface area contributed by atoms with E-state index in [4.69, 9.17) is 22.6 Å². The van der Waals surface area contributed by atoms with Crippen molar-refractivity contribution >= 4 is 11.6 Å². The first kappa shape index (κ1) is 13.4. The molecule has 0 aromatic heterocycles. The van der Waals surface area contributed by atoms with Gasteiger partial charge in [0.1, 0.15) is 0 Å². The molecule has 0 heterocycles. The Morgan fingerprint density at radius 1 is 1.50 bits per heavy atom. The van der Waals surface area contributed by atoms with Gasteiger partial charge in [-0.3, -0.25) is 4.90 Å². The summed E-state index contributed by atoms with van der Waals surface area (Å²) >= 11 is 6.04. The topological polar surface area (TPSA) is 53.0 Å². The van der Waals surface area contributed by atoms with Crippen LogP contribution in [-0.2, 0) is 0 Å². The smallest absolute Gasteiger partial charge is 0.0635 e. The SMILES string of the molecule is N#CCCN(C1CC1)C(CN)c1cccc(Cl)c1. The van der Waals surface area contributed by atoms with E-state index in [0.29, 0.717) is 19.0 Å². The Morgan fingerprint density at radius 2 is 2.28 bits per heavy atom. The number of halogens is 1. The molecule has 2 N–H and O–H groups in total. The first-order valence-electron chi connectivity index (χ1n) is 6.34. The van der Waals surface area contributed by atoms with Crippen molar-refractivity contribution in [1.29, 1.82) is 5.26 Å². The quantitative estimate of drug-likeness (QED) is 0.859. The molecule has 1 aromatic rings. The standard InChI is InChI=1S/C14H18ClN3/c15-12-4-1-3-11(9-12)14(10-17)18(8-2-7-16)13-5-6-13/h1,3-4,9,13-14H,2,5-6,8,10,17H2. The van der Waals surface area contributed by atoms with Gasteiger partial charge in [0.2, 0.25) is 0 Å². The Hall–Kier alpha value is -1.08. The molecule has 4 heteroatoms. The third-order valence-corrected chi connectivity index (χ3v) is 3.59. The van der Waals surface area contributed by atoms with E-state index >= 15 is 0 Å². The molecule has 0 radical (unpaired) electrons. The van der Waals surface area contributed by atoms with Crippen LogP contribution in [0.15, 0.2) is 24.3 Å². The van der Waals surface area contributed by atoms with E-state index in [1.807, 2.05) is 18.2 Å². The van der Waals surface area contributed by atoms with Gasteiger partial charge in [0.25, 0.3) is 0 Å². The van der Waals surface area contributed by atoms with Gasteiger partial charge in [-0.2, -0.15) is 5.26 Å². The van der Waals surface area contributed by atoms with E-state index in [-0.39, 0.29) is 6.04 Å². The third-order valence-electron chi connectivity index (χ3n) is 3.35. The number of nitrogens with two attached hydrogens (primary N) is 1. The summed E-state index contributed by atoms with van der Waals surface area (Å²) in [5, 5.41) is 9.50. The molecular formula is C14H18ClN3. The van der Waals surface area contributed by atoms with Gasteiger partial charge in [0, 0.05) is 36.6 Å². The van der Waals surface area contributed by atoms with E-state index in [2.05, 4.69) is 17.0 Å². The van der Waals surface area contributed by atoms with Crippen molar-refractivity contribution in [3.63, 3.8) is 0 Å². The van der Waals surface area contributed by atoms with Gasteiger partial charge >= 0.3 is 0 Å². The summed E-state index contributed by atoms with van der Waals surface area (Å²) in [5.41, 5.74) is 7.07. The fourth-order valence-electron chi connectivity index (χ4n) is 2.35. The average Bonchev–Trinajstić information content (AvgIpc) is 3.18. The predicted molar refractivity (Wildman–Crippen MR) is 73.2 cm³/mol. The van der Waals surface area contributed by atoms with Crippen LogP contribution in [0.2, 0.25) is 5.02 Å². The Kier molecular flexibility index (Phi) is 4.60. The number of hydrogen-bond donors (Lipinski definition) is 1. The number of rotatable bonds is 6. The summed E-state index contributed by atoms with van der Waals surface area (Å²) in [6.07, 6.45) is 2.97. The van der Waals surface area contributed by atoms with Crippen LogP contribution in [-0.4, -0.2) is 24.0 Å². The zero-order valence-electron chi connectivity index (χ0n) is 10.3. The van der Waals surface area contributed by atoms with Crippen LogP contribution in [0, 0.1) is 11.3 Å². The molecule has 0 spiro atoms. The minimum absolute atomic E-state index is 0.171. The summed E-state index contributed by atoms with van der Waals surface area (Å²) in [6.45, 7) is 1.35. The summed E-state index contributed by atoms with van der Waals surface area (Å²) in [7, 11) is 0. The van der Waals surface area contributed by atoms with Gasteiger partial charge in [0.15, 0.2) is 0 Å².